The molecular formula is C18H26N4O. The first-order valence-electron chi connectivity index (χ1n) is 8.85. The van der Waals surface area contributed by atoms with Gasteiger partial charge in [0.15, 0.2) is 0 Å². The van der Waals surface area contributed by atoms with Crippen molar-refractivity contribution >= 4 is 11.0 Å². The van der Waals surface area contributed by atoms with Crippen LogP contribution in [0, 0.1) is 0 Å². The summed E-state index contributed by atoms with van der Waals surface area (Å²) in [6.07, 6.45) is 6.93. The van der Waals surface area contributed by atoms with Crippen molar-refractivity contribution in [2.45, 2.75) is 50.1 Å². The number of benzene rings is 1. The molecule has 1 aliphatic carbocycles. The number of nitrogens with one attached hydrogen (secondary N) is 1. The van der Waals surface area contributed by atoms with E-state index in [2.05, 4.69) is 9.88 Å². The van der Waals surface area contributed by atoms with Crippen LogP contribution in [0.3, 0.4) is 0 Å². The summed E-state index contributed by atoms with van der Waals surface area (Å²) >= 11 is 0. The van der Waals surface area contributed by atoms with E-state index in [1.807, 2.05) is 28.8 Å². The van der Waals surface area contributed by atoms with Gasteiger partial charge in [-0.1, -0.05) is 25.0 Å². The molecule has 2 heterocycles. The van der Waals surface area contributed by atoms with Crippen LogP contribution in [0.2, 0.25) is 0 Å². The number of imidazole rings is 1. The lowest BCUT2D eigenvalue weighted by Crippen LogP contribution is -2.50. The van der Waals surface area contributed by atoms with Crippen molar-refractivity contribution in [3.63, 3.8) is 0 Å². The van der Waals surface area contributed by atoms with Crippen LogP contribution in [-0.2, 0) is 0 Å². The molecule has 0 amide bonds. The zero-order valence-electron chi connectivity index (χ0n) is 13.6. The number of likely N-dealkylation sites (tertiary alicyclic amines) is 1. The molecule has 5 nitrogen and oxygen atoms in total. The fourth-order valence-electron chi connectivity index (χ4n) is 4.45. The van der Waals surface area contributed by atoms with Crippen molar-refractivity contribution in [2.24, 2.45) is 5.73 Å². The van der Waals surface area contributed by atoms with Gasteiger partial charge in [-0.05, 0) is 37.8 Å². The molecule has 1 aliphatic heterocycles. The SMILES string of the molecule is NC1(CN2CCC(n3c(=O)[nH]c4ccccc43)CC2)CCCC1. The van der Waals surface area contributed by atoms with Gasteiger partial charge in [0, 0.05) is 31.2 Å². The number of H-pyrrole nitrogens is 1. The number of hydrogen-bond acceptors (Lipinski definition) is 3. The van der Waals surface area contributed by atoms with Crippen LogP contribution < -0.4 is 11.4 Å². The van der Waals surface area contributed by atoms with Gasteiger partial charge in [-0.15, -0.1) is 0 Å². The fraction of sp³-hybridized carbons (Fsp3) is 0.611. The first-order chi connectivity index (χ1) is 11.1. The van der Waals surface area contributed by atoms with Crippen molar-refractivity contribution in [3.05, 3.63) is 34.7 Å². The Bertz CT molecular complexity index is 733. The molecule has 3 N–H and O–H groups in total. The van der Waals surface area contributed by atoms with Gasteiger partial charge < -0.3 is 15.6 Å². The Labute approximate surface area is 136 Å². The number of nitrogens with two attached hydrogens (primary N) is 1. The van der Waals surface area contributed by atoms with Gasteiger partial charge >= 0.3 is 5.69 Å². The number of hydrogen-bond donors (Lipinski definition) is 2. The van der Waals surface area contributed by atoms with E-state index in [9.17, 15) is 4.79 Å². The van der Waals surface area contributed by atoms with Crippen molar-refractivity contribution in [1.29, 1.82) is 0 Å². The summed E-state index contributed by atoms with van der Waals surface area (Å²) in [5, 5.41) is 0. The van der Waals surface area contributed by atoms with Crippen LogP contribution in [0.4, 0.5) is 0 Å². The highest BCUT2D eigenvalue weighted by atomic mass is 16.1. The lowest BCUT2D eigenvalue weighted by Gasteiger charge is -2.37. The lowest BCUT2D eigenvalue weighted by molar-refractivity contribution is 0.151. The molecule has 124 valence electrons. The number of aromatic nitrogens is 2. The highest BCUT2D eigenvalue weighted by Crippen LogP contribution is 2.30. The van der Waals surface area contributed by atoms with Gasteiger partial charge in [0.2, 0.25) is 0 Å². The maximum absolute atomic E-state index is 12.3. The van der Waals surface area contributed by atoms with E-state index in [0.29, 0.717) is 6.04 Å². The average molecular weight is 314 g/mol. The molecule has 0 bridgehead atoms. The Morgan fingerprint density at radius 1 is 1.17 bits per heavy atom. The summed E-state index contributed by atoms with van der Waals surface area (Å²) in [4.78, 5) is 17.8. The maximum atomic E-state index is 12.3. The molecule has 0 unspecified atom stereocenters. The molecule has 1 saturated carbocycles. The van der Waals surface area contributed by atoms with Gasteiger partial charge in [-0.2, -0.15) is 0 Å². The van der Waals surface area contributed by atoms with Gasteiger partial charge in [-0.25, -0.2) is 4.79 Å². The number of aromatic amines is 1. The molecule has 1 aromatic carbocycles. The van der Waals surface area contributed by atoms with Crippen molar-refractivity contribution in [2.75, 3.05) is 19.6 Å². The minimum absolute atomic E-state index is 0.0238. The summed E-state index contributed by atoms with van der Waals surface area (Å²) in [5.74, 6) is 0. The smallest absolute Gasteiger partial charge is 0.324 e. The van der Waals surface area contributed by atoms with Crippen LogP contribution in [0.25, 0.3) is 11.0 Å². The van der Waals surface area contributed by atoms with Gasteiger partial charge in [-0.3, -0.25) is 4.57 Å². The van der Waals surface area contributed by atoms with Crippen LogP contribution in [0.15, 0.2) is 29.1 Å². The van der Waals surface area contributed by atoms with Gasteiger partial charge in [0.25, 0.3) is 0 Å². The molecule has 0 spiro atoms. The Morgan fingerprint density at radius 3 is 2.61 bits per heavy atom. The van der Waals surface area contributed by atoms with Gasteiger partial charge in [0.1, 0.15) is 0 Å². The van der Waals surface area contributed by atoms with Crippen molar-refractivity contribution in [1.82, 2.24) is 14.5 Å². The summed E-state index contributed by atoms with van der Waals surface area (Å²) < 4.78 is 1.96. The third kappa shape index (κ3) is 2.83. The topological polar surface area (TPSA) is 67.0 Å². The van der Waals surface area contributed by atoms with E-state index in [1.165, 1.54) is 12.8 Å². The normalized spacial score (nSPS) is 22.8. The largest absolute Gasteiger partial charge is 0.326 e. The van der Waals surface area contributed by atoms with E-state index < -0.39 is 0 Å². The Balaban J connectivity index is 1.47. The van der Waals surface area contributed by atoms with E-state index in [-0.39, 0.29) is 11.2 Å². The van der Waals surface area contributed by atoms with E-state index in [1.54, 1.807) is 0 Å². The predicted molar refractivity (Wildman–Crippen MR) is 92.7 cm³/mol. The molecule has 0 radical (unpaired) electrons. The fourth-order valence-corrected chi connectivity index (χ4v) is 4.45. The number of rotatable bonds is 3. The van der Waals surface area contributed by atoms with E-state index >= 15 is 0 Å². The summed E-state index contributed by atoms with van der Waals surface area (Å²) in [6.45, 7) is 3.09. The lowest BCUT2D eigenvalue weighted by atomic mass is 9.96. The highest BCUT2D eigenvalue weighted by Gasteiger charge is 2.33. The molecular weight excluding hydrogens is 288 g/mol. The number of fused-ring (bicyclic) bond motifs is 1. The molecule has 1 aromatic heterocycles. The van der Waals surface area contributed by atoms with Crippen molar-refractivity contribution < 1.29 is 0 Å². The Morgan fingerprint density at radius 2 is 1.87 bits per heavy atom. The Hall–Kier alpha value is -1.59. The molecule has 23 heavy (non-hydrogen) atoms. The molecule has 2 fully saturated rings. The zero-order chi connectivity index (χ0) is 15.9. The van der Waals surface area contributed by atoms with E-state index in [4.69, 9.17) is 5.73 Å². The minimum Gasteiger partial charge on any atom is -0.324 e. The number of piperidine rings is 1. The van der Waals surface area contributed by atoms with Crippen LogP contribution in [0.1, 0.15) is 44.6 Å². The minimum atomic E-state index is 0.0238. The molecule has 2 aliphatic rings. The summed E-state index contributed by atoms with van der Waals surface area (Å²) in [6, 6.07) is 8.27. The number of para-hydroxylation sites is 2. The first kappa shape index (κ1) is 15.0. The standard InChI is InChI=1S/C18H26N4O/c19-18(9-3-4-10-18)13-21-11-7-14(8-12-21)22-16-6-2-1-5-15(16)20-17(22)23/h1-2,5-6,14H,3-4,7-13,19H2,(H,20,23). The van der Waals surface area contributed by atoms with Crippen LogP contribution >= 0.6 is 0 Å². The maximum Gasteiger partial charge on any atom is 0.326 e. The Kier molecular flexibility index (Phi) is 3.77. The van der Waals surface area contributed by atoms with E-state index in [0.717, 1.165) is 56.4 Å². The average Bonchev–Trinajstić information content (AvgIpc) is 3.11. The predicted octanol–water partition coefficient (Wildman–Crippen LogP) is 2.24. The summed E-state index contributed by atoms with van der Waals surface area (Å²) in [7, 11) is 0. The summed E-state index contributed by atoms with van der Waals surface area (Å²) in [5.41, 5.74) is 8.54. The second-order valence-electron chi connectivity index (χ2n) is 7.39. The van der Waals surface area contributed by atoms with Crippen molar-refractivity contribution in [3.8, 4) is 0 Å². The third-order valence-electron chi connectivity index (χ3n) is 5.68. The molecule has 1 saturated heterocycles. The van der Waals surface area contributed by atoms with Crippen LogP contribution in [0.5, 0.6) is 0 Å². The molecule has 4 rings (SSSR count). The highest BCUT2D eigenvalue weighted by molar-refractivity contribution is 5.75. The molecule has 5 heteroatoms. The third-order valence-corrected chi connectivity index (χ3v) is 5.68. The first-order valence-corrected chi connectivity index (χ1v) is 8.85. The van der Waals surface area contributed by atoms with Gasteiger partial charge in [0.05, 0.1) is 11.0 Å². The number of nitrogens with zero attached hydrogens (tertiary/aromatic N) is 2. The quantitative estimate of drug-likeness (QED) is 0.913. The second-order valence-corrected chi connectivity index (χ2v) is 7.39. The molecule has 0 atom stereocenters. The molecule has 2 aromatic rings. The second kappa shape index (κ2) is 5.80. The zero-order valence-corrected chi connectivity index (χ0v) is 13.6. The van der Waals surface area contributed by atoms with Crippen LogP contribution in [-0.4, -0.2) is 39.6 Å². The monoisotopic (exact) mass is 314 g/mol.